The second-order valence-corrected chi connectivity index (χ2v) is 7.46. The molecule has 1 N–H and O–H groups in total. The van der Waals surface area contributed by atoms with Crippen LogP contribution in [0.2, 0.25) is 0 Å². The monoisotopic (exact) mass is 369 g/mol. The molecule has 1 fully saturated rings. The lowest BCUT2D eigenvalue weighted by atomic mass is 10.2. The number of fused-ring (bicyclic) bond motifs is 2. The van der Waals surface area contributed by atoms with Gasteiger partial charge in [-0.15, -0.1) is 0 Å². The number of nitrogens with one attached hydrogen (secondary N) is 1. The van der Waals surface area contributed by atoms with Crippen LogP contribution in [-0.2, 0) is 4.74 Å². The molecule has 4 rings (SSSR count). The van der Waals surface area contributed by atoms with Crippen molar-refractivity contribution in [2.45, 2.75) is 16.2 Å². The molecule has 2 aliphatic heterocycles. The van der Waals surface area contributed by atoms with Gasteiger partial charge in [-0.05, 0) is 30.7 Å². The molecular weight excluding hydrogens is 346 g/mol. The van der Waals surface area contributed by atoms with Crippen molar-refractivity contribution in [1.82, 2.24) is 10.2 Å². The van der Waals surface area contributed by atoms with Gasteiger partial charge in [-0.2, -0.15) is 0 Å². The van der Waals surface area contributed by atoms with Crippen molar-refractivity contribution in [1.29, 1.82) is 0 Å². The number of rotatable bonds is 4. The number of hydrogen-bond donors (Lipinski definition) is 1. The molecule has 136 valence electrons. The molecule has 0 spiro atoms. The number of para-hydroxylation sites is 2. The van der Waals surface area contributed by atoms with Gasteiger partial charge in [0.2, 0.25) is 0 Å². The Kier molecular flexibility index (Phi) is 5.32. The standard InChI is InChI=1S/C20H23N3O2S/c24-20(22-12-14-25-15-13-22)21-10-5-11-23-16-6-1-3-8-18(16)26-19-9-4-2-7-17(19)23/h1-4,6-9H,5,10-15H2,(H,21,24). The number of urea groups is 1. The average Bonchev–Trinajstić information content (AvgIpc) is 2.71. The van der Waals surface area contributed by atoms with Gasteiger partial charge in [0.05, 0.1) is 24.6 Å². The maximum Gasteiger partial charge on any atom is 0.317 e. The average molecular weight is 369 g/mol. The first-order valence-corrected chi connectivity index (χ1v) is 9.88. The van der Waals surface area contributed by atoms with Gasteiger partial charge < -0.3 is 19.9 Å². The number of carbonyl (C=O) groups excluding carboxylic acids is 1. The fourth-order valence-corrected chi connectivity index (χ4v) is 4.43. The van der Waals surface area contributed by atoms with Gasteiger partial charge in [0.25, 0.3) is 0 Å². The minimum absolute atomic E-state index is 0.0169. The van der Waals surface area contributed by atoms with Crippen molar-refractivity contribution >= 4 is 29.2 Å². The Hall–Kier alpha value is -2.18. The fourth-order valence-electron chi connectivity index (χ4n) is 3.33. The maximum atomic E-state index is 12.2. The number of nitrogens with zero attached hydrogens (tertiary/aromatic N) is 2. The number of hydrogen-bond acceptors (Lipinski definition) is 4. The van der Waals surface area contributed by atoms with Crippen LogP contribution >= 0.6 is 11.8 Å². The summed E-state index contributed by atoms with van der Waals surface area (Å²) < 4.78 is 5.29. The summed E-state index contributed by atoms with van der Waals surface area (Å²) in [5.74, 6) is 0. The van der Waals surface area contributed by atoms with Gasteiger partial charge in [-0.1, -0.05) is 36.0 Å². The molecule has 2 amide bonds. The van der Waals surface area contributed by atoms with E-state index in [-0.39, 0.29) is 6.03 Å². The Morgan fingerprint density at radius 1 is 1.00 bits per heavy atom. The molecule has 5 nitrogen and oxygen atoms in total. The first-order valence-electron chi connectivity index (χ1n) is 9.07. The predicted octanol–water partition coefficient (Wildman–Crippen LogP) is 3.72. The molecular formula is C20H23N3O2S. The van der Waals surface area contributed by atoms with E-state index in [2.05, 4.69) is 58.7 Å². The summed E-state index contributed by atoms with van der Waals surface area (Å²) in [7, 11) is 0. The maximum absolute atomic E-state index is 12.2. The van der Waals surface area contributed by atoms with E-state index in [1.807, 2.05) is 16.7 Å². The highest BCUT2D eigenvalue weighted by Crippen LogP contribution is 2.47. The lowest BCUT2D eigenvalue weighted by molar-refractivity contribution is 0.0532. The molecule has 0 aliphatic carbocycles. The number of morpholine rings is 1. The zero-order chi connectivity index (χ0) is 17.8. The molecule has 2 aromatic rings. The van der Waals surface area contributed by atoms with Crippen LogP contribution in [0.3, 0.4) is 0 Å². The molecule has 2 aliphatic rings. The molecule has 6 heteroatoms. The van der Waals surface area contributed by atoms with Crippen LogP contribution < -0.4 is 10.2 Å². The van der Waals surface area contributed by atoms with Crippen LogP contribution in [0.25, 0.3) is 0 Å². The van der Waals surface area contributed by atoms with Crippen LogP contribution in [0, 0.1) is 0 Å². The molecule has 0 aromatic heterocycles. The van der Waals surface area contributed by atoms with E-state index < -0.39 is 0 Å². The molecule has 0 radical (unpaired) electrons. The molecule has 0 atom stereocenters. The third kappa shape index (κ3) is 3.66. The summed E-state index contributed by atoms with van der Waals surface area (Å²) >= 11 is 1.82. The Morgan fingerprint density at radius 3 is 2.27 bits per heavy atom. The van der Waals surface area contributed by atoms with Crippen molar-refractivity contribution in [3.05, 3.63) is 48.5 Å². The van der Waals surface area contributed by atoms with Crippen LogP contribution in [0.5, 0.6) is 0 Å². The zero-order valence-corrected chi connectivity index (χ0v) is 15.5. The predicted molar refractivity (Wildman–Crippen MR) is 104 cm³/mol. The van der Waals surface area contributed by atoms with Crippen LogP contribution in [-0.4, -0.2) is 50.3 Å². The van der Waals surface area contributed by atoms with Crippen LogP contribution in [0.4, 0.5) is 16.2 Å². The quantitative estimate of drug-likeness (QED) is 0.835. The molecule has 0 unspecified atom stereocenters. The first-order chi connectivity index (χ1) is 12.8. The first kappa shape index (κ1) is 17.2. The number of carbonyl (C=O) groups is 1. The highest BCUT2D eigenvalue weighted by molar-refractivity contribution is 7.99. The summed E-state index contributed by atoms with van der Waals surface area (Å²) in [6.45, 7) is 4.16. The Bertz CT molecular complexity index is 732. The van der Waals surface area contributed by atoms with E-state index in [1.165, 1.54) is 21.2 Å². The molecule has 0 saturated carbocycles. The molecule has 2 heterocycles. The SMILES string of the molecule is O=C(NCCCN1c2ccccc2Sc2ccccc21)N1CCOCC1. The van der Waals surface area contributed by atoms with Crippen molar-refractivity contribution in [3.8, 4) is 0 Å². The van der Waals surface area contributed by atoms with Gasteiger partial charge in [0, 0.05) is 36.0 Å². The van der Waals surface area contributed by atoms with Crippen LogP contribution in [0.1, 0.15) is 6.42 Å². The third-order valence-corrected chi connectivity index (χ3v) is 5.80. The molecule has 26 heavy (non-hydrogen) atoms. The fraction of sp³-hybridized carbons (Fsp3) is 0.350. The van der Waals surface area contributed by atoms with Crippen LogP contribution in [0.15, 0.2) is 58.3 Å². The summed E-state index contributed by atoms with van der Waals surface area (Å²) in [5.41, 5.74) is 2.49. The van der Waals surface area contributed by atoms with E-state index >= 15 is 0 Å². The van der Waals surface area contributed by atoms with Gasteiger partial charge in [-0.3, -0.25) is 0 Å². The third-order valence-electron chi connectivity index (χ3n) is 4.67. The van der Waals surface area contributed by atoms with Crippen molar-refractivity contribution in [2.75, 3.05) is 44.3 Å². The number of anilines is 2. The Morgan fingerprint density at radius 2 is 1.62 bits per heavy atom. The van der Waals surface area contributed by atoms with E-state index in [1.54, 1.807) is 0 Å². The Balaban J connectivity index is 1.38. The molecule has 0 bridgehead atoms. The number of benzene rings is 2. The lowest BCUT2D eigenvalue weighted by Gasteiger charge is -2.33. The normalized spacial score (nSPS) is 16.0. The largest absolute Gasteiger partial charge is 0.378 e. The van der Waals surface area contributed by atoms with E-state index in [0.29, 0.717) is 32.8 Å². The minimum Gasteiger partial charge on any atom is -0.378 e. The topological polar surface area (TPSA) is 44.8 Å². The highest BCUT2D eigenvalue weighted by atomic mass is 32.2. The van der Waals surface area contributed by atoms with Crippen molar-refractivity contribution in [3.63, 3.8) is 0 Å². The lowest BCUT2D eigenvalue weighted by Crippen LogP contribution is -2.46. The van der Waals surface area contributed by atoms with E-state index in [9.17, 15) is 4.79 Å². The summed E-state index contributed by atoms with van der Waals surface area (Å²) in [6, 6.07) is 17.0. The summed E-state index contributed by atoms with van der Waals surface area (Å²) in [4.78, 5) is 18.9. The second-order valence-electron chi connectivity index (χ2n) is 6.37. The number of ether oxygens (including phenoxy) is 1. The smallest absolute Gasteiger partial charge is 0.317 e. The Labute approximate surface area is 158 Å². The second kappa shape index (κ2) is 8.01. The summed E-state index contributed by atoms with van der Waals surface area (Å²) in [5, 5.41) is 3.04. The minimum atomic E-state index is 0.0169. The van der Waals surface area contributed by atoms with Gasteiger partial charge in [0.15, 0.2) is 0 Å². The summed E-state index contributed by atoms with van der Waals surface area (Å²) in [6.07, 6.45) is 0.892. The van der Waals surface area contributed by atoms with Crippen molar-refractivity contribution < 1.29 is 9.53 Å². The van der Waals surface area contributed by atoms with Gasteiger partial charge in [-0.25, -0.2) is 4.79 Å². The van der Waals surface area contributed by atoms with Crippen molar-refractivity contribution in [2.24, 2.45) is 0 Å². The molecule has 1 saturated heterocycles. The van der Waals surface area contributed by atoms with Gasteiger partial charge >= 0.3 is 6.03 Å². The van der Waals surface area contributed by atoms with E-state index in [4.69, 9.17) is 4.74 Å². The number of amides is 2. The van der Waals surface area contributed by atoms with Gasteiger partial charge in [0.1, 0.15) is 0 Å². The van der Waals surface area contributed by atoms with E-state index in [0.717, 1.165) is 13.0 Å². The zero-order valence-electron chi connectivity index (χ0n) is 14.7. The molecule has 2 aromatic carbocycles. The highest BCUT2D eigenvalue weighted by Gasteiger charge is 2.22.